The van der Waals surface area contributed by atoms with E-state index in [0.29, 0.717) is 5.92 Å². The summed E-state index contributed by atoms with van der Waals surface area (Å²) in [6.45, 7) is 0. The maximum Gasteiger partial charge on any atom is 0.234 e. The Kier molecular flexibility index (Phi) is 2.02. The maximum atomic E-state index is 12.9. The van der Waals surface area contributed by atoms with E-state index in [1.54, 1.807) is 12.1 Å². The summed E-state index contributed by atoms with van der Waals surface area (Å²) >= 11 is 1.48. The molecule has 0 unspecified atom stereocenters. The van der Waals surface area contributed by atoms with Crippen LogP contribution in [0.25, 0.3) is 15.5 Å². The minimum Gasteiger partial charge on any atom is -0.207 e. The van der Waals surface area contributed by atoms with Crippen LogP contribution in [0.1, 0.15) is 24.6 Å². The molecule has 0 saturated heterocycles. The Hall–Kier alpha value is -1.82. The third kappa shape index (κ3) is 1.53. The lowest BCUT2D eigenvalue weighted by Gasteiger charge is -1.94. The Morgan fingerprint density at radius 1 is 1.17 bits per heavy atom. The van der Waals surface area contributed by atoms with Gasteiger partial charge in [-0.2, -0.15) is 9.61 Å². The van der Waals surface area contributed by atoms with E-state index in [2.05, 4.69) is 15.3 Å². The van der Waals surface area contributed by atoms with Crippen molar-refractivity contribution in [3.8, 4) is 10.6 Å². The van der Waals surface area contributed by atoms with Crippen LogP contribution in [-0.2, 0) is 0 Å². The lowest BCUT2D eigenvalue weighted by atomic mass is 10.2. The van der Waals surface area contributed by atoms with Gasteiger partial charge in [0.2, 0.25) is 4.96 Å². The molecule has 4 rings (SSSR count). The SMILES string of the molecule is Fc1ccc(-c2nn3c(C4CC4)nnc3s2)cc1. The zero-order valence-corrected chi connectivity index (χ0v) is 10.2. The maximum absolute atomic E-state index is 12.9. The molecular weight excluding hydrogens is 251 g/mol. The molecule has 1 aromatic carbocycles. The molecule has 90 valence electrons. The summed E-state index contributed by atoms with van der Waals surface area (Å²) < 4.78 is 14.7. The van der Waals surface area contributed by atoms with Crippen LogP contribution in [-0.4, -0.2) is 19.8 Å². The van der Waals surface area contributed by atoms with Crippen LogP contribution in [0.4, 0.5) is 4.39 Å². The monoisotopic (exact) mass is 260 g/mol. The lowest BCUT2D eigenvalue weighted by Crippen LogP contribution is -1.93. The van der Waals surface area contributed by atoms with Crippen molar-refractivity contribution in [2.45, 2.75) is 18.8 Å². The highest BCUT2D eigenvalue weighted by atomic mass is 32.1. The van der Waals surface area contributed by atoms with Gasteiger partial charge in [-0.3, -0.25) is 0 Å². The molecule has 0 N–H and O–H groups in total. The van der Waals surface area contributed by atoms with Gasteiger partial charge >= 0.3 is 0 Å². The molecule has 0 amide bonds. The molecule has 0 radical (unpaired) electrons. The zero-order valence-electron chi connectivity index (χ0n) is 9.38. The molecule has 1 fully saturated rings. The second kappa shape index (κ2) is 3.58. The van der Waals surface area contributed by atoms with E-state index in [9.17, 15) is 4.39 Å². The van der Waals surface area contributed by atoms with Crippen LogP contribution >= 0.6 is 11.3 Å². The standard InChI is InChI=1S/C12H9FN4S/c13-9-5-3-8(4-6-9)11-16-17-10(7-1-2-7)14-15-12(17)18-11/h3-7H,1-2H2. The predicted molar refractivity (Wildman–Crippen MR) is 66.0 cm³/mol. The molecule has 18 heavy (non-hydrogen) atoms. The van der Waals surface area contributed by atoms with Crippen molar-refractivity contribution in [2.75, 3.05) is 0 Å². The average Bonchev–Trinajstić information content (AvgIpc) is 3.00. The first-order chi connectivity index (χ1) is 8.81. The van der Waals surface area contributed by atoms with Gasteiger partial charge in [0, 0.05) is 11.5 Å². The summed E-state index contributed by atoms with van der Waals surface area (Å²) in [5.74, 6) is 1.23. The summed E-state index contributed by atoms with van der Waals surface area (Å²) in [4.78, 5) is 0.802. The number of hydrogen-bond donors (Lipinski definition) is 0. The van der Waals surface area contributed by atoms with Gasteiger partial charge in [0.05, 0.1) is 0 Å². The molecule has 1 aliphatic carbocycles. The highest BCUT2D eigenvalue weighted by Gasteiger charge is 2.30. The van der Waals surface area contributed by atoms with Gasteiger partial charge in [-0.15, -0.1) is 10.2 Å². The number of halogens is 1. The largest absolute Gasteiger partial charge is 0.234 e. The molecule has 2 heterocycles. The van der Waals surface area contributed by atoms with Crippen molar-refractivity contribution in [1.82, 2.24) is 19.8 Å². The minimum atomic E-state index is -0.236. The van der Waals surface area contributed by atoms with E-state index in [1.165, 1.54) is 36.3 Å². The fourth-order valence-corrected chi connectivity index (χ4v) is 2.79. The van der Waals surface area contributed by atoms with Gasteiger partial charge in [0.25, 0.3) is 0 Å². The summed E-state index contributed by atoms with van der Waals surface area (Å²) in [7, 11) is 0. The van der Waals surface area contributed by atoms with E-state index in [0.717, 1.165) is 21.4 Å². The molecule has 1 saturated carbocycles. The van der Waals surface area contributed by atoms with Crippen molar-refractivity contribution in [3.63, 3.8) is 0 Å². The number of hydrogen-bond acceptors (Lipinski definition) is 4. The van der Waals surface area contributed by atoms with E-state index in [1.807, 2.05) is 4.52 Å². The molecule has 0 spiro atoms. The molecular formula is C12H9FN4S. The first-order valence-corrected chi connectivity index (χ1v) is 6.61. The quantitative estimate of drug-likeness (QED) is 0.711. The van der Waals surface area contributed by atoms with Gasteiger partial charge in [-0.25, -0.2) is 4.39 Å². The zero-order chi connectivity index (χ0) is 12.1. The minimum absolute atomic E-state index is 0.236. The van der Waals surface area contributed by atoms with Crippen LogP contribution in [0.15, 0.2) is 24.3 Å². The second-order valence-corrected chi connectivity index (χ2v) is 5.40. The number of rotatable bonds is 2. The van der Waals surface area contributed by atoms with Gasteiger partial charge < -0.3 is 0 Å². The third-order valence-corrected chi connectivity index (χ3v) is 4.00. The Labute approximate surface area is 106 Å². The van der Waals surface area contributed by atoms with Crippen molar-refractivity contribution >= 4 is 16.3 Å². The van der Waals surface area contributed by atoms with Gasteiger partial charge in [-0.05, 0) is 37.1 Å². The number of nitrogens with zero attached hydrogens (tertiary/aromatic N) is 4. The topological polar surface area (TPSA) is 43.1 Å². The second-order valence-electron chi connectivity index (χ2n) is 4.44. The molecule has 6 heteroatoms. The van der Waals surface area contributed by atoms with Crippen molar-refractivity contribution < 1.29 is 4.39 Å². The van der Waals surface area contributed by atoms with Crippen molar-refractivity contribution in [2.24, 2.45) is 0 Å². The van der Waals surface area contributed by atoms with Crippen LogP contribution in [0, 0.1) is 5.82 Å². The summed E-state index contributed by atoms with van der Waals surface area (Å²) in [6.07, 6.45) is 2.34. The molecule has 3 aromatic rings. The van der Waals surface area contributed by atoms with Crippen LogP contribution in [0.2, 0.25) is 0 Å². The Balaban J connectivity index is 1.83. The smallest absolute Gasteiger partial charge is 0.207 e. The Morgan fingerprint density at radius 2 is 1.94 bits per heavy atom. The molecule has 0 bridgehead atoms. The van der Waals surface area contributed by atoms with Crippen LogP contribution in [0.5, 0.6) is 0 Å². The first kappa shape index (κ1) is 10.1. The fourth-order valence-electron chi connectivity index (χ4n) is 1.94. The van der Waals surface area contributed by atoms with E-state index in [-0.39, 0.29) is 5.82 Å². The average molecular weight is 260 g/mol. The van der Waals surface area contributed by atoms with E-state index >= 15 is 0 Å². The van der Waals surface area contributed by atoms with Crippen molar-refractivity contribution in [1.29, 1.82) is 0 Å². The van der Waals surface area contributed by atoms with Crippen LogP contribution < -0.4 is 0 Å². The summed E-state index contributed by atoms with van der Waals surface area (Å²) in [5, 5.41) is 13.7. The molecule has 2 aromatic heterocycles. The number of fused-ring (bicyclic) bond motifs is 1. The molecule has 1 aliphatic rings. The summed E-state index contributed by atoms with van der Waals surface area (Å²) in [5.41, 5.74) is 0.911. The summed E-state index contributed by atoms with van der Waals surface area (Å²) in [6, 6.07) is 6.36. The fraction of sp³-hybridized carbons (Fsp3) is 0.250. The van der Waals surface area contributed by atoms with Gasteiger partial charge in [0.1, 0.15) is 10.8 Å². The third-order valence-electron chi connectivity index (χ3n) is 3.05. The van der Waals surface area contributed by atoms with Crippen LogP contribution in [0.3, 0.4) is 0 Å². The normalized spacial score (nSPS) is 15.4. The Morgan fingerprint density at radius 3 is 2.67 bits per heavy atom. The first-order valence-electron chi connectivity index (χ1n) is 5.79. The number of aromatic nitrogens is 4. The molecule has 0 aliphatic heterocycles. The van der Waals surface area contributed by atoms with Gasteiger partial charge in [-0.1, -0.05) is 11.3 Å². The van der Waals surface area contributed by atoms with E-state index < -0.39 is 0 Å². The highest BCUT2D eigenvalue weighted by Crippen LogP contribution is 2.39. The highest BCUT2D eigenvalue weighted by molar-refractivity contribution is 7.19. The lowest BCUT2D eigenvalue weighted by molar-refractivity contribution is 0.628. The number of benzene rings is 1. The predicted octanol–water partition coefficient (Wildman–Crippen LogP) is 2.87. The molecule has 0 atom stereocenters. The Bertz CT molecular complexity index is 711. The van der Waals surface area contributed by atoms with Gasteiger partial charge in [0.15, 0.2) is 5.82 Å². The van der Waals surface area contributed by atoms with Crippen molar-refractivity contribution in [3.05, 3.63) is 35.9 Å². The van der Waals surface area contributed by atoms with E-state index in [4.69, 9.17) is 0 Å². The molecule has 4 nitrogen and oxygen atoms in total.